The molecule has 1 aliphatic heterocycles. The quantitative estimate of drug-likeness (QED) is 0.677. The molecular formula is C12H27N3. The number of nitrogens with one attached hydrogen (secondary N) is 1. The Morgan fingerprint density at radius 2 is 2.20 bits per heavy atom. The number of hydrogen-bond donors (Lipinski definition) is 1. The van der Waals surface area contributed by atoms with Crippen LogP contribution in [0.3, 0.4) is 0 Å². The molecule has 0 bridgehead atoms. The molecule has 0 aromatic heterocycles. The van der Waals surface area contributed by atoms with Gasteiger partial charge in [0.2, 0.25) is 0 Å². The third-order valence-corrected chi connectivity index (χ3v) is 3.25. The topological polar surface area (TPSA) is 18.5 Å². The fraction of sp³-hybridized carbons (Fsp3) is 1.00. The van der Waals surface area contributed by atoms with Crippen LogP contribution in [-0.2, 0) is 0 Å². The Labute approximate surface area is 94.8 Å². The summed E-state index contributed by atoms with van der Waals surface area (Å²) >= 11 is 0. The molecule has 1 atom stereocenters. The van der Waals surface area contributed by atoms with Crippen LogP contribution in [0.15, 0.2) is 0 Å². The van der Waals surface area contributed by atoms with Crippen molar-refractivity contribution in [2.45, 2.75) is 19.3 Å². The lowest BCUT2D eigenvalue weighted by atomic mass is 10.1. The molecule has 0 spiro atoms. The highest BCUT2D eigenvalue weighted by Gasteiger charge is 2.20. The van der Waals surface area contributed by atoms with Crippen LogP contribution in [0.1, 0.15) is 19.3 Å². The summed E-state index contributed by atoms with van der Waals surface area (Å²) in [4.78, 5) is 4.90. The Hall–Kier alpha value is -0.120. The zero-order chi connectivity index (χ0) is 11.1. The van der Waals surface area contributed by atoms with Crippen molar-refractivity contribution < 1.29 is 0 Å². The summed E-state index contributed by atoms with van der Waals surface area (Å²) in [6.07, 6.45) is 4.07. The van der Waals surface area contributed by atoms with Crippen LogP contribution in [0.25, 0.3) is 0 Å². The van der Waals surface area contributed by atoms with Gasteiger partial charge in [0.05, 0.1) is 0 Å². The minimum Gasteiger partial charge on any atom is -0.320 e. The molecule has 1 saturated heterocycles. The normalized spacial score (nSPS) is 22.8. The van der Waals surface area contributed by atoms with Crippen LogP contribution in [0.4, 0.5) is 0 Å². The third-order valence-electron chi connectivity index (χ3n) is 3.25. The first-order valence-electron chi connectivity index (χ1n) is 6.24. The summed E-state index contributed by atoms with van der Waals surface area (Å²) in [6.45, 7) is 6.33. The molecule has 0 aromatic carbocycles. The minimum atomic E-state index is 0.941. The largest absolute Gasteiger partial charge is 0.320 e. The molecule has 1 unspecified atom stereocenters. The SMILES string of the molecule is CNCCC1CCN(CCCN(C)C)C1. The van der Waals surface area contributed by atoms with Crippen molar-refractivity contribution >= 4 is 0 Å². The van der Waals surface area contributed by atoms with E-state index >= 15 is 0 Å². The van der Waals surface area contributed by atoms with E-state index in [-0.39, 0.29) is 0 Å². The maximum Gasteiger partial charge on any atom is 0.00106 e. The predicted molar refractivity (Wildman–Crippen MR) is 66.3 cm³/mol. The zero-order valence-corrected chi connectivity index (χ0v) is 10.6. The molecule has 0 amide bonds. The van der Waals surface area contributed by atoms with Crippen molar-refractivity contribution in [3.63, 3.8) is 0 Å². The van der Waals surface area contributed by atoms with Gasteiger partial charge in [-0.05, 0) is 72.5 Å². The molecule has 0 saturated carbocycles. The Balaban J connectivity index is 2.03. The molecule has 0 aromatic rings. The highest BCUT2D eigenvalue weighted by atomic mass is 15.1. The van der Waals surface area contributed by atoms with Gasteiger partial charge in [-0.15, -0.1) is 0 Å². The first-order valence-corrected chi connectivity index (χ1v) is 6.24. The maximum absolute atomic E-state index is 3.24. The van der Waals surface area contributed by atoms with Crippen molar-refractivity contribution in [2.75, 3.05) is 53.9 Å². The second-order valence-electron chi connectivity index (χ2n) is 5.00. The van der Waals surface area contributed by atoms with Gasteiger partial charge in [-0.25, -0.2) is 0 Å². The molecule has 3 heteroatoms. The smallest absolute Gasteiger partial charge is 0.00106 e. The van der Waals surface area contributed by atoms with Gasteiger partial charge in [-0.1, -0.05) is 0 Å². The number of likely N-dealkylation sites (tertiary alicyclic amines) is 1. The Morgan fingerprint density at radius 1 is 1.40 bits per heavy atom. The molecule has 1 rings (SSSR count). The van der Waals surface area contributed by atoms with Crippen molar-refractivity contribution in [1.29, 1.82) is 0 Å². The maximum atomic E-state index is 3.24. The molecule has 0 radical (unpaired) electrons. The Kier molecular flexibility index (Phi) is 6.22. The van der Waals surface area contributed by atoms with Crippen molar-refractivity contribution in [1.82, 2.24) is 15.1 Å². The second kappa shape index (κ2) is 7.20. The second-order valence-corrected chi connectivity index (χ2v) is 5.00. The van der Waals surface area contributed by atoms with Gasteiger partial charge < -0.3 is 15.1 Å². The number of nitrogens with zero attached hydrogens (tertiary/aromatic N) is 2. The van der Waals surface area contributed by atoms with Crippen LogP contribution in [0.5, 0.6) is 0 Å². The van der Waals surface area contributed by atoms with Crippen molar-refractivity contribution in [3.8, 4) is 0 Å². The molecule has 3 nitrogen and oxygen atoms in total. The van der Waals surface area contributed by atoms with E-state index in [0.717, 1.165) is 5.92 Å². The van der Waals surface area contributed by atoms with Gasteiger partial charge in [0.25, 0.3) is 0 Å². The van der Waals surface area contributed by atoms with Crippen LogP contribution >= 0.6 is 0 Å². The summed E-state index contributed by atoms with van der Waals surface area (Å²) in [5.41, 5.74) is 0. The van der Waals surface area contributed by atoms with Crippen LogP contribution in [0.2, 0.25) is 0 Å². The standard InChI is InChI=1S/C12H27N3/c1-13-7-5-12-6-10-15(11-12)9-4-8-14(2)3/h12-13H,4-11H2,1-3H3. The van der Waals surface area contributed by atoms with Gasteiger partial charge in [-0.2, -0.15) is 0 Å². The van der Waals surface area contributed by atoms with Gasteiger partial charge >= 0.3 is 0 Å². The van der Waals surface area contributed by atoms with Crippen molar-refractivity contribution in [2.24, 2.45) is 5.92 Å². The lowest BCUT2D eigenvalue weighted by Crippen LogP contribution is -2.25. The summed E-state index contributed by atoms with van der Waals surface area (Å²) in [5.74, 6) is 0.941. The van der Waals surface area contributed by atoms with Gasteiger partial charge in [0, 0.05) is 6.54 Å². The number of rotatable bonds is 7. The Morgan fingerprint density at radius 3 is 2.87 bits per heavy atom. The van der Waals surface area contributed by atoms with Crippen molar-refractivity contribution in [3.05, 3.63) is 0 Å². The summed E-state index contributed by atoms with van der Waals surface area (Å²) in [5, 5.41) is 3.24. The highest BCUT2D eigenvalue weighted by molar-refractivity contribution is 4.75. The number of hydrogen-bond acceptors (Lipinski definition) is 3. The van der Waals surface area contributed by atoms with E-state index in [1.54, 1.807) is 0 Å². The molecule has 1 N–H and O–H groups in total. The molecule has 1 fully saturated rings. The van der Waals surface area contributed by atoms with Gasteiger partial charge in [-0.3, -0.25) is 0 Å². The average molecular weight is 213 g/mol. The van der Waals surface area contributed by atoms with E-state index in [9.17, 15) is 0 Å². The summed E-state index contributed by atoms with van der Waals surface area (Å²) in [6, 6.07) is 0. The van der Waals surface area contributed by atoms with Gasteiger partial charge in [0.15, 0.2) is 0 Å². The fourth-order valence-corrected chi connectivity index (χ4v) is 2.31. The average Bonchev–Trinajstić information content (AvgIpc) is 2.62. The monoisotopic (exact) mass is 213 g/mol. The van der Waals surface area contributed by atoms with E-state index in [1.165, 1.54) is 52.0 Å². The molecule has 1 heterocycles. The zero-order valence-electron chi connectivity index (χ0n) is 10.6. The highest BCUT2D eigenvalue weighted by Crippen LogP contribution is 2.18. The van der Waals surface area contributed by atoms with E-state index in [0.29, 0.717) is 0 Å². The first kappa shape index (κ1) is 12.9. The van der Waals surface area contributed by atoms with Crippen LogP contribution < -0.4 is 5.32 Å². The van der Waals surface area contributed by atoms with Crippen LogP contribution in [-0.4, -0.2) is 63.7 Å². The van der Waals surface area contributed by atoms with Crippen LogP contribution in [0, 0.1) is 5.92 Å². The first-order chi connectivity index (χ1) is 7.22. The lowest BCUT2D eigenvalue weighted by Gasteiger charge is -2.17. The fourth-order valence-electron chi connectivity index (χ4n) is 2.31. The third kappa shape index (κ3) is 5.50. The lowest BCUT2D eigenvalue weighted by molar-refractivity contribution is 0.291. The minimum absolute atomic E-state index is 0.941. The summed E-state index contributed by atoms with van der Waals surface area (Å²) < 4.78 is 0. The molecular weight excluding hydrogens is 186 g/mol. The van der Waals surface area contributed by atoms with E-state index in [1.807, 2.05) is 7.05 Å². The van der Waals surface area contributed by atoms with Gasteiger partial charge in [0.1, 0.15) is 0 Å². The van der Waals surface area contributed by atoms with E-state index < -0.39 is 0 Å². The summed E-state index contributed by atoms with van der Waals surface area (Å²) in [7, 11) is 6.35. The predicted octanol–water partition coefficient (Wildman–Crippen LogP) is 0.870. The molecule has 15 heavy (non-hydrogen) atoms. The Bertz CT molecular complexity index is 159. The van der Waals surface area contributed by atoms with E-state index in [2.05, 4.69) is 29.2 Å². The molecule has 1 aliphatic rings. The molecule has 90 valence electrons. The van der Waals surface area contributed by atoms with E-state index in [4.69, 9.17) is 0 Å². The molecule has 0 aliphatic carbocycles.